The van der Waals surface area contributed by atoms with E-state index >= 15 is 0 Å². The van der Waals surface area contributed by atoms with Crippen LogP contribution in [0.3, 0.4) is 0 Å². The molecule has 14 nitrogen and oxygen atoms in total. The molecule has 4 heterocycles. The highest BCUT2D eigenvalue weighted by molar-refractivity contribution is 6.08. The molecule has 2 unspecified atom stereocenters. The van der Waals surface area contributed by atoms with Crippen molar-refractivity contribution in [3.8, 4) is 11.5 Å². The number of β-amino-alcohol motifs (C(OH)–C–C–N with tert-alkyl or cyclic N) is 2. The van der Waals surface area contributed by atoms with Crippen LogP contribution in [-0.2, 0) is 15.0 Å². The predicted molar refractivity (Wildman–Crippen MR) is 326 cm³/mol. The molecule has 0 radical (unpaired) electrons. The maximum atomic E-state index is 14.1. The smallest absolute Gasteiger partial charge is 0.325 e. The molecule has 2 aromatic rings. The zero-order chi connectivity index (χ0) is 59.3. The first-order chi connectivity index (χ1) is 38.2. The topological polar surface area (TPSA) is 164 Å². The molecule has 0 aliphatic carbocycles. The maximum absolute atomic E-state index is 14.1. The molecular formula is C67H110N6O8. The minimum absolute atomic E-state index is 0.0995. The van der Waals surface area contributed by atoms with Gasteiger partial charge in [0, 0.05) is 53.7 Å². The van der Waals surface area contributed by atoms with Crippen LogP contribution in [0.1, 0.15) is 248 Å². The standard InChI is InChI=1S/C67H110N6O8/c1-13-15-17-19-21-23-25-27-29-31-41-70-57(76)66(68-59(70)78)47-61(3,4)72(62(5,6)48-66)43-53(74)45-80-55-37-33-51(34-38-55)65(11,12)52-35-39-56(40-36-52)81-46-54(75)44-73-63(7,8)49-67(50-64(73,9)10)58(77)71(60(79)69-67)42-32-30-28-26-24-22-20-18-16-14-2/h33-40,53-54,74-75H,13-32,41-50H2,1-12H3,(H,68,78)(H,69,79). The fourth-order valence-electron chi connectivity index (χ4n) is 14.9. The van der Waals surface area contributed by atoms with Gasteiger partial charge in [0.15, 0.2) is 0 Å². The van der Waals surface area contributed by atoms with Gasteiger partial charge in [-0.3, -0.25) is 29.2 Å². The van der Waals surface area contributed by atoms with Gasteiger partial charge in [0.25, 0.3) is 11.8 Å². The Morgan fingerprint density at radius 3 is 1.01 bits per heavy atom. The number of ether oxygens (including phenoxy) is 2. The summed E-state index contributed by atoms with van der Waals surface area (Å²) in [6.07, 6.45) is 24.1. The third-order valence-electron chi connectivity index (χ3n) is 18.6. The molecule has 2 aromatic carbocycles. The lowest BCUT2D eigenvalue weighted by Crippen LogP contribution is -2.70. The van der Waals surface area contributed by atoms with Gasteiger partial charge in [-0.1, -0.05) is 168 Å². The highest BCUT2D eigenvalue weighted by Gasteiger charge is 2.62. The molecule has 4 saturated heterocycles. The van der Waals surface area contributed by atoms with Crippen LogP contribution in [0.4, 0.5) is 9.59 Å². The number of unbranched alkanes of at least 4 members (excludes halogenated alkanes) is 18. The van der Waals surface area contributed by atoms with E-state index in [-0.39, 0.29) is 42.5 Å². The molecule has 4 aliphatic rings. The lowest BCUT2D eigenvalue weighted by Gasteiger charge is -2.58. The number of aliphatic hydroxyl groups is 2. The first-order valence-electron chi connectivity index (χ1n) is 31.9. The minimum atomic E-state index is -0.969. The van der Waals surface area contributed by atoms with Crippen LogP contribution in [0.25, 0.3) is 0 Å². The largest absolute Gasteiger partial charge is 0.491 e. The second-order valence-electron chi connectivity index (χ2n) is 28.1. The normalized spacial score (nSPS) is 21.0. The average molecular weight is 1130 g/mol. The number of aliphatic hydroxyl groups excluding tert-OH is 2. The van der Waals surface area contributed by atoms with E-state index in [1.807, 2.05) is 24.3 Å². The van der Waals surface area contributed by atoms with E-state index in [0.29, 0.717) is 63.4 Å². The SMILES string of the molecule is CCCCCCCCCCCCN1C(=O)NC2(CC(C)(C)N(CC(O)COc3ccc(C(C)(C)c4ccc(OCC(O)CN5C(C)(C)CC6(CC5(C)C)NC(=O)N(CCCCCCCCCCCC)C6=O)cc4)cc3)C(C)(C)C2)C1=O. The van der Waals surface area contributed by atoms with Crippen molar-refractivity contribution in [2.75, 3.05) is 39.4 Å². The first kappa shape index (κ1) is 65.9. The number of carbonyl (C=O) groups is 4. The number of carbonyl (C=O) groups excluding carboxylic acids is 4. The van der Waals surface area contributed by atoms with Gasteiger partial charge in [0.05, 0.1) is 0 Å². The number of rotatable bonds is 34. The Balaban J connectivity index is 0.926. The molecule has 6 rings (SSSR count). The van der Waals surface area contributed by atoms with Crippen LogP contribution >= 0.6 is 0 Å². The number of imide groups is 2. The molecule has 456 valence electrons. The lowest BCUT2D eigenvalue weighted by atomic mass is 9.68. The Bertz CT molecular complexity index is 2130. The number of amides is 6. The minimum Gasteiger partial charge on any atom is -0.491 e. The zero-order valence-corrected chi connectivity index (χ0v) is 52.6. The number of hydrogen-bond donors (Lipinski definition) is 4. The molecule has 2 atom stereocenters. The molecule has 0 saturated carbocycles. The van der Waals surface area contributed by atoms with Gasteiger partial charge in [0.2, 0.25) is 0 Å². The van der Waals surface area contributed by atoms with Gasteiger partial charge in [-0.2, -0.15) is 0 Å². The van der Waals surface area contributed by atoms with E-state index in [2.05, 4.69) is 128 Å². The molecule has 0 bridgehead atoms. The fraction of sp³-hybridized carbons (Fsp3) is 0.761. The summed E-state index contributed by atoms with van der Waals surface area (Å²) in [5.74, 6) is 1.08. The summed E-state index contributed by atoms with van der Waals surface area (Å²) >= 11 is 0. The van der Waals surface area contributed by atoms with Crippen molar-refractivity contribution in [2.24, 2.45) is 0 Å². The van der Waals surface area contributed by atoms with Crippen molar-refractivity contribution in [3.63, 3.8) is 0 Å². The molecule has 14 heteroatoms. The Hall–Kier alpha value is -4.24. The van der Waals surface area contributed by atoms with E-state index in [9.17, 15) is 29.4 Å². The summed E-state index contributed by atoms with van der Waals surface area (Å²) < 4.78 is 12.4. The van der Waals surface area contributed by atoms with Crippen molar-refractivity contribution in [2.45, 2.75) is 288 Å². The maximum Gasteiger partial charge on any atom is 0.325 e. The monoisotopic (exact) mass is 1130 g/mol. The van der Waals surface area contributed by atoms with E-state index in [0.717, 1.165) is 49.7 Å². The Labute approximate surface area is 489 Å². The second kappa shape index (κ2) is 28.6. The van der Waals surface area contributed by atoms with Crippen molar-refractivity contribution < 1.29 is 38.9 Å². The molecule has 4 aliphatic heterocycles. The van der Waals surface area contributed by atoms with Crippen molar-refractivity contribution >= 4 is 23.9 Å². The number of nitrogens with one attached hydrogen (secondary N) is 2. The van der Waals surface area contributed by atoms with Gasteiger partial charge in [-0.25, -0.2) is 9.59 Å². The van der Waals surface area contributed by atoms with Gasteiger partial charge in [-0.05, 0) is 129 Å². The van der Waals surface area contributed by atoms with Crippen molar-refractivity contribution in [1.82, 2.24) is 30.2 Å². The molecular weight excluding hydrogens is 1020 g/mol. The molecule has 6 amide bonds. The number of urea groups is 2. The van der Waals surface area contributed by atoms with Crippen LogP contribution in [-0.4, -0.2) is 139 Å². The highest BCUT2D eigenvalue weighted by Crippen LogP contribution is 2.48. The summed E-state index contributed by atoms with van der Waals surface area (Å²) in [6, 6.07) is 15.4. The van der Waals surface area contributed by atoms with Gasteiger partial charge in [-0.15, -0.1) is 0 Å². The molecule has 2 spiro atoms. The summed E-state index contributed by atoms with van der Waals surface area (Å²) in [4.78, 5) is 62.2. The Morgan fingerprint density at radius 2 is 0.728 bits per heavy atom. The quantitative estimate of drug-likeness (QED) is 0.0392. The molecule has 81 heavy (non-hydrogen) atoms. The van der Waals surface area contributed by atoms with Gasteiger partial charge >= 0.3 is 12.1 Å². The highest BCUT2D eigenvalue weighted by atomic mass is 16.5. The Morgan fingerprint density at radius 1 is 0.457 bits per heavy atom. The van der Waals surface area contributed by atoms with E-state index in [1.54, 1.807) is 0 Å². The van der Waals surface area contributed by atoms with E-state index in [1.165, 1.54) is 99.7 Å². The third kappa shape index (κ3) is 17.0. The second-order valence-corrected chi connectivity index (χ2v) is 28.1. The lowest BCUT2D eigenvalue weighted by molar-refractivity contribution is -0.143. The number of piperidine rings is 2. The van der Waals surface area contributed by atoms with Crippen LogP contribution in [0, 0.1) is 0 Å². The van der Waals surface area contributed by atoms with E-state index < -0.39 is 45.4 Å². The Kier molecular flexibility index (Phi) is 23.2. The predicted octanol–water partition coefficient (Wildman–Crippen LogP) is 13.2. The van der Waals surface area contributed by atoms with Gasteiger partial charge < -0.3 is 30.3 Å². The van der Waals surface area contributed by atoms with Gasteiger partial charge in [0.1, 0.15) is 48.0 Å². The summed E-state index contributed by atoms with van der Waals surface area (Å²) in [5, 5.41) is 29.2. The van der Waals surface area contributed by atoms with Crippen LogP contribution in [0.2, 0.25) is 0 Å². The van der Waals surface area contributed by atoms with Crippen LogP contribution in [0.5, 0.6) is 11.5 Å². The van der Waals surface area contributed by atoms with Crippen LogP contribution in [0.15, 0.2) is 48.5 Å². The number of nitrogens with zero attached hydrogens (tertiary/aromatic N) is 4. The van der Waals surface area contributed by atoms with Crippen LogP contribution < -0.4 is 20.1 Å². The summed E-state index contributed by atoms with van der Waals surface area (Å²) in [5.41, 5.74) is -2.10. The number of benzene rings is 2. The van der Waals surface area contributed by atoms with E-state index in [4.69, 9.17) is 9.47 Å². The number of likely N-dealkylation sites (tertiary alicyclic amines) is 2. The molecule has 4 N–H and O–H groups in total. The first-order valence-corrected chi connectivity index (χ1v) is 31.9. The van der Waals surface area contributed by atoms with Crippen molar-refractivity contribution in [1.29, 1.82) is 0 Å². The number of hydrogen-bond acceptors (Lipinski definition) is 10. The average Bonchev–Trinajstić information content (AvgIpc) is 3.04. The molecule has 0 aromatic heterocycles. The third-order valence-corrected chi connectivity index (χ3v) is 18.6. The molecule has 4 fully saturated rings. The summed E-state index contributed by atoms with van der Waals surface area (Å²) in [7, 11) is 0. The fourth-order valence-corrected chi connectivity index (χ4v) is 14.9. The zero-order valence-electron chi connectivity index (χ0n) is 52.6. The summed E-state index contributed by atoms with van der Waals surface area (Å²) in [6.45, 7) is 27.4. The van der Waals surface area contributed by atoms with Crippen molar-refractivity contribution in [3.05, 3.63) is 59.7 Å².